The Morgan fingerprint density at radius 3 is 2.64 bits per heavy atom. The van der Waals surface area contributed by atoms with Gasteiger partial charge in [0.1, 0.15) is 12.0 Å². The highest BCUT2D eigenvalue weighted by Gasteiger charge is 2.43. The van der Waals surface area contributed by atoms with E-state index in [-0.39, 0.29) is 12.2 Å². The first-order valence-corrected chi connectivity index (χ1v) is 10.7. The van der Waals surface area contributed by atoms with Crippen LogP contribution in [0.4, 0.5) is 14.5 Å². The summed E-state index contributed by atoms with van der Waals surface area (Å²) in [5.74, 6) is -1.52. The number of nitrogens with one attached hydrogen (secondary N) is 2. The molecule has 2 aliphatic heterocycles. The van der Waals surface area contributed by atoms with Gasteiger partial charge in [-0.05, 0) is 36.6 Å². The highest BCUT2D eigenvalue weighted by atomic mass is 19.1. The molecule has 10 heteroatoms. The van der Waals surface area contributed by atoms with Crippen molar-refractivity contribution < 1.29 is 13.6 Å². The molecule has 8 nitrogen and oxygen atoms in total. The highest BCUT2D eigenvalue weighted by molar-refractivity contribution is 5.94. The second-order valence-electron chi connectivity index (χ2n) is 8.35. The van der Waals surface area contributed by atoms with Crippen molar-refractivity contribution in [1.82, 2.24) is 20.3 Å². The number of carbonyl (C=O) groups excluding carboxylic acids is 1. The maximum absolute atomic E-state index is 13.5. The fraction of sp³-hybridized carbons (Fsp3) is 0.348. The van der Waals surface area contributed by atoms with Gasteiger partial charge >= 0.3 is 0 Å². The first kappa shape index (κ1) is 22.6. The third-order valence-corrected chi connectivity index (χ3v) is 6.19. The topological polar surface area (TPSA) is 110 Å². The van der Waals surface area contributed by atoms with Gasteiger partial charge in [-0.25, -0.2) is 14.8 Å². The lowest BCUT2D eigenvalue weighted by Gasteiger charge is -2.46. The van der Waals surface area contributed by atoms with Crippen molar-refractivity contribution >= 4 is 11.6 Å². The Labute approximate surface area is 190 Å². The number of aromatic nitrogens is 1. The zero-order chi connectivity index (χ0) is 23.4. The third-order valence-electron chi connectivity index (χ3n) is 6.19. The SMILES string of the molecule is N#CCC1(N2C=C(C(N)=O)C(Nc3ccnc(F)c3)N2)CCN(Cc2ccc(F)cc2)CC1. The van der Waals surface area contributed by atoms with Crippen LogP contribution in [0.25, 0.3) is 0 Å². The number of primary amides is 1. The van der Waals surface area contributed by atoms with E-state index in [0.29, 0.717) is 30.6 Å². The normalized spacial score (nSPS) is 20.2. The molecule has 2 aliphatic rings. The van der Waals surface area contributed by atoms with Crippen LogP contribution in [-0.4, -0.2) is 45.6 Å². The molecule has 1 amide bonds. The van der Waals surface area contributed by atoms with Crippen LogP contribution < -0.4 is 16.5 Å². The monoisotopic (exact) mass is 453 g/mol. The Morgan fingerprint density at radius 2 is 2.00 bits per heavy atom. The highest BCUT2D eigenvalue weighted by Crippen LogP contribution is 2.35. The zero-order valence-electron chi connectivity index (χ0n) is 18.0. The van der Waals surface area contributed by atoms with Crippen LogP contribution in [0.3, 0.4) is 0 Å². The van der Waals surface area contributed by atoms with E-state index in [1.165, 1.54) is 24.4 Å². The number of anilines is 1. The lowest BCUT2D eigenvalue weighted by atomic mass is 9.84. The number of rotatable bonds is 7. The van der Waals surface area contributed by atoms with Crippen molar-refractivity contribution in [3.63, 3.8) is 0 Å². The maximum atomic E-state index is 13.5. The number of piperidine rings is 1. The van der Waals surface area contributed by atoms with Crippen LogP contribution in [0.2, 0.25) is 0 Å². The second-order valence-corrected chi connectivity index (χ2v) is 8.35. The molecule has 1 atom stereocenters. The number of likely N-dealkylation sites (tertiary alicyclic amines) is 1. The summed E-state index contributed by atoms with van der Waals surface area (Å²) < 4.78 is 26.7. The van der Waals surface area contributed by atoms with Crippen molar-refractivity contribution in [2.45, 2.75) is 37.5 Å². The number of nitriles is 1. The summed E-state index contributed by atoms with van der Waals surface area (Å²) in [4.78, 5) is 17.9. The Morgan fingerprint density at radius 1 is 1.27 bits per heavy atom. The number of benzene rings is 1. The molecule has 4 N–H and O–H groups in total. The van der Waals surface area contributed by atoms with Crippen LogP contribution in [0, 0.1) is 23.1 Å². The minimum atomic E-state index is -0.669. The zero-order valence-corrected chi connectivity index (χ0v) is 18.0. The smallest absolute Gasteiger partial charge is 0.249 e. The molecule has 0 bridgehead atoms. The number of nitrogens with two attached hydrogens (primary N) is 1. The summed E-state index contributed by atoms with van der Waals surface area (Å²) in [7, 11) is 0. The van der Waals surface area contributed by atoms with Gasteiger partial charge in [-0.15, -0.1) is 0 Å². The van der Waals surface area contributed by atoms with E-state index in [1.54, 1.807) is 29.4 Å². The second kappa shape index (κ2) is 9.52. The molecule has 0 aliphatic carbocycles. The van der Waals surface area contributed by atoms with Gasteiger partial charge in [0.25, 0.3) is 0 Å². The van der Waals surface area contributed by atoms with E-state index in [2.05, 4.69) is 26.7 Å². The largest absolute Gasteiger partial charge is 0.366 e. The predicted molar refractivity (Wildman–Crippen MR) is 118 cm³/mol. The van der Waals surface area contributed by atoms with Crippen molar-refractivity contribution in [2.75, 3.05) is 18.4 Å². The van der Waals surface area contributed by atoms with Crippen LogP contribution in [0.1, 0.15) is 24.8 Å². The number of hydrogen-bond acceptors (Lipinski definition) is 7. The molecule has 1 aromatic heterocycles. The van der Waals surface area contributed by atoms with Gasteiger partial charge in [0, 0.05) is 43.8 Å². The summed E-state index contributed by atoms with van der Waals surface area (Å²) in [5.41, 5.74) is 10.1. The average molecular weight is 453 g/mol. The van der Waals surface area contributed by atoms with Crippen LogP contribution >= 0.6 is 0 Å². The maximum Gasteiger partial charge on any atom is 0.249 e. The number of hydrazine groups is 1. The number of pyridine rings is 1. The number of halogens is 2. The Hall–Kier alpha value is -3.55. The van der Waals surface area contributed by atoms with Crippen LogP contribution in [0.15, 0.2) is 54.4 Å². The Kier molecular flexibility index (Phi) is 6.53. The van der Waals surface area contributed by atoms with Gasteiger partial charge in [0.2, 0.25) is 11.9 Å². The van der Waals surface area contributed by atoms with Crippen molar-refractivity contribution in [2.24, 2.45) is 5.73 Å². The van der Waals surface area contributed by atoms with Gasteiger partial charge in [-0.1, -0.05) is 12.1 Å². The van der Waals surface area contributed by atoms with Crippen molar-refractivity contribution in [3.8, 4) is 6.07 Å². The van der Waals surface area contributed by atoms with Crippen LogP contribution in [-0.2, 0) is 11.3 Å². The van der Waals surface area contributed by atoms with E-state index in [0.717, 1.165) is 18.7 Å². The molecule has 0 radical (unpaired) electrons. The van der Waals surface area contributed by atoms with Gasteiger partial charge in [-0.2, -0.15) is 9.65 Å². The number of nitrogens with zero attached hydrogens (tertiary/aromatic N) is 4. The first-order chi connectivity index (χ1) is 15.9. The molecule has 1 saturated heterocycles. The first-order valence-electron chi connectivity index (χ1n) is 10.7. The van der Waals surface area contributed by atoms with Crippen LogP contribution in [0.5, 0.6) is 0 Å². The van der Waals surface area contributed by atoms with Crippen molar-refractivity contribution in [3.05, 3.63) is 71.7 Å². The van der Waals surface area contributed by atoms with E-state index in [9.17, 15) is 18.8 Å². The molecule has 2 aromatic rings. The van der Waals surface area contributed by atoms with E-state index < -0.39 is 23.6 Å². The standard InChI is InChI=1S/C23H25F2N7O/c24-17-3-1-16(2-4-17)14-31-11-7-23(6-9-26,8-12-31)32-15-19(21(27)33)22(30-32)29-18-5-10-28-20(25)13-18/h1-5,10,13,15,22,30H,6-8,11-12,14H2,(H2,27,33)(H,28,29). The molecule has 33 heavy (non-hydrogen) atoms. The molecule has 0 spiro atoms. The minimum absolute atomic E-state index is 0.254. The molecule has 1 aromatic carbocycles. The summed E-state index contributed by atoms with van der Waals surface area (Å²) in [6, 6.07) is 11.5. The predicted octanol–water partition coefficient (Wildman–Crippen LogP) is 2.24. The number of amides is 1. The van der Waals surface area contributed by atoms with Gasteiger partial charge in [0.05, 0.1) is 23.6 Å². The summed E-state index contributed by atoms with van der Waals surface area (Å²) in [6.45, 7) is 2.14. The number of carbonyl (C=O) groups is 1. The quantitative estimate of drug-likeness (QED) is 0.552. The fourth-order valence-corrected chi connectivity index (χ4v) is 4.33. The van der Waals surface area contributed by atoms with Gasteiger partial charge < -0.3 is 16.1 Å². The van der Waals surface area contributed by atoms with E-state index in [1.807, 2.05) is 0 Å². The summed E-state index contributed by atoms with van der Waals surface area (Å²) >= 11 is 0. The molecule has 1 unspecified atom stereocenters. The van der Waals surface area contributed by atoms with Gasteiger partial charge in [0.15, 0.2) is 0 Å². The molecular weight excluding hydrogens is 428 g/mol. The average Bonchev–Trinajstić information content (AvgIpc) is 3.22. The fourth-order valence-electron chi connectivity index (χ4n) is 4.33. The van der Waals surface area contributed by atoms with E-state index >= 15 is 0 Å². The molecule has 1 fully saturated rings. The molecule has 0 saturated carbocycles. The van der Waals surface area contributed by atoms with Gasteiger partial charge in [-0.3, -0.25) is 9.69 Å². The number of hydrogen-bond donors (Lipinski definition) is 3. The van der Waals surface area contributed by atoms with E-state index in [4.69, 9.17) is 5.73 Å². The molecular formula is C23H25F2N7O. The minimum Gasteiger partial charge on any atom is -0.366 e. The summed E-state index contributed by atoms with van der Waals surface area (Å²) in [5, 5.41) is 14.4. The molecule has 172 valence electrons. The Bertz CT molecular complexity index is 1070. The lowest BCUT2D eigenvalue weighted by molar-refractivity contribution is -0.114. The molecule has 3 heterocycles. The van der Waals surface area contributed by atoms with Crippen molar-refractivity contribution in [1.29, 1.82) is 5.26 Å². The Balaban J connectivity index is 1.47. The lowest BCUT2D eigenvalue weighted by Crippen LogP contribution is -2.58. The molecule has 4 rings (SSSR count). The summed E-state index contributed by atoms with van der Waals surface area (Å²) in [6.07, 6.45) is 3.90. The third kappa shape index (κ3) is 5.10.